The van der Waals surface area contributed by atoms with E-state index in [4.69, 9.17) is 30.4 Å². The zero-order chi connectivity index (χ0) is 30.3. The minimum atomic E-state index is -0.658. The number of hydrogen-bond donors (Lipinski definition) is 3. The lowest BCUT2D eigenvalue weighted by molar-refractivity contribution is -0.137. The first-order valence-electron chi connectivity index (χ1n) is 13.9. The summed E-state index contributed by atoms with van der Waals surface area (Å²) in [6.07, 6.45) is 6.05. The van der Waals surface area contributed by atoms with E-state index in [1.54, 1.807) is 0 Å². The quantitative estimate of drug-likeness (QED) is 0.0802. The molecule has 1 heterocycles. The van der Waals surface area contributed by atoms with Crippen LogP contribution in [0.1, 0.15) is 51.4 Å². The number of nitrogens with zero attached hydrogens (tertiary/aromatic N) is 1. The summed E-state index contributed by atoms with van der Waals surface area (Å²) in [5.74, 6) is -1.65. The summed E-state index contributed by atoms with van der Waals surface area (Å²) >= 11 is 0. The first-order chi connectivity index (χ1) is 19.7. The number of carbonyl (C=O) groups is 6. The van der Waals surface area contributed by atoms with Crippen molar-refractivity contribution < 1.29 is 47.7 Å². The number of nitrogens with two attached hydrogens (primary N) is 2. The summed E-state index contributed by atoms with van der Waals surface area (Å²) in [6, 6.07) is -0.658. The van der Waals surface area contributed by atoms with E-state index < -0.39 is 23.8 Å². The van der Waals surface area contributed by atoms with Gasteiger partial charge in [-0.15, -0.1) is 0 Å². The molecular formula is C27H44N4O10. The van der Waals surface area contributed by atoms with Gasteiger partial charge in [-0.3, -0.25) is 33.7 Å². The molecule has 4 amide bonds. The summed E-state index contributed by atoms with van der Waals surface area (Å²) in [6.45, 7) is 2.34. The van der Waals surface area contributed by atoms with E-state index in [0.717, 1.165) is 4.90 Å². The van der Waals surface area contributed by atoms with Gasteiger partial charge < -0.3 is 35.7 Å². The van der Waals surface area contributed by atoms with E-state index in [0.29, 0.717) is 77.9 Å². The molecule has 0 aliphatic carbocycles. The number of ketones is 2. The van der Waals surface area contributed by atoms with Gasteiger partial charge in [-0.25, -0.2) is 0 Å². The summed E-state index contributed by atoms with van der Waals surface area (Å²) in [4.78, 5) is 70.1. The third kappa shape index (κ3) is 18.8. The second kappa shape index (κ2) is 22.6. The lowest BCUT2D eigenvalue weighted by Gasteiger charge is -2.12. The van der Waals surface area contributed by atoms with Crippen molar-refractivity contribution in [1.29, 1.82) is 0 Å². The molecule has 232 valence electrons. The summed E-state index contributed by atoms with van der Waals surface area (Å²) in [5, 5.41) is 2.71. The molecular weight excluding hydrogens is 540 g/mol. The Morgan fingerprint density at radius 2 is 1.29 bits per heavy atom. The molecule has 1 atom stereocenters. The number of imide groups is 1. The Morgan fingerprint density at radius 3 is 1.90 bits per heavy atom. The van der Waals surface area contributed by atoms with Crippen molar-refractivity contribution >= 4 is 35.2 Å². The Kier molecular flexibility index (Phi) is 19.9. The van der Waals surface area contributed by atoms with Crippen molar-refractivity contribution in [3.8, 4) is 0 Å². The number of ether oxygens (including phenoxy) is 4. The highest BCUT2D eigenvalue weighted by atomic mass is 16.5. The second-order valence-electron chi connectivity index (χ2n) is 9.38. The van der Waals surface area contributed by atoms with Crippen LogP contribution in [0.15, 0.2) is 12.2 Å². The highest BCUT2D eigenvalue weighted by Gasteiger charge is 2.23. The summed E-state index contributed by atoms with van der Waals surface area (Å²) < 4.78 is 21.3. The van der Waals surface area contributed by atoms with Crippen molar-refractivity contribution in [2.75, 3.05) is 65.9 Å². The van der Waals surface area contributed by atoms with Gasteiger partial charge in [0.15, 0.2) is 5.78 Å². The molecule has 0 saturated heterocycles. The van der Waals surface area contributed by atoms with Crippen molar-refractivity contribution in [3.05, 3.63) is 12.2 Å². The standard InChI is InChI=1S/C27H44N4O10/c28-23(27(29)37)7-1-2-11-30-24(34)20-41-18-16-39-14-4-6-22(33)19-40-17-15-38-13-3-5-21(32)10-12-31-25(35)8-9-26(31)36/h8-9,23H,1-7,10-20,28H2,(H2,29,37)(H,30,34). The number of primary amides is 1. The molecule has 14 heteroatoms. The molecule has 0 saturated carbocycles. The van der Waals surface area contributed by atoms with Crippen molar-refractivity contribution in [3.63, 3.8) is 0 Å². The van der Waals surface area contributed by atoms with Gasteiger partial charge in [0.25, 0.3) is 11.8 Å². The van der Waals surface area contributed by atoms with Crippen LogP contribution in [0.4, 0.5) is 0 Å². The number of carbonyl (C=O) groups excluding carboxylic acids is 6. The van der Waals surface area contributed by atoms with Crippen LogP contribution in [-0.2, 0) is 47.7 Å². The minimum absolute atomic E-state index is 0.0131. The lowest BCUT2D eigenvalue weighted by Crippen LogP contribution is -2.36. The molecule has 0 aromatic rings. The maximum atomic E-state index is 11.9. The Balaban J connectivity index is 1.82. The van der Waals surface area contributed by atoms with Crippen LogP contribution in [0.2, 0.25) is 0 Å². The fraction of sp³-hybridized carbons (Fsp3) is 0.704. The molecule has 41 heavy (non-hydrogen) atoms. The van der Waals surface area contributed by atoms with Gasteiger partial charge in [-0.2, -0.15) is 0 Å². The van der Waals surface area contributed by atoms with Gasteiger partial charge in [0.1, 0.15) is 19.0 Å². The second-order valence-corrected chi connectivity index (χ2v) is 9.38. The van der Waals surface area contributed by atoms with Crippen LogP contribution >= 0.6 is 0 Å². The van der Waals surface area contributed by atoms with E-state index in [-0.39, 0.29) is 56.9 Å². The van der Waals surface area contributed by atoms with Crippen molar-refractivity contribution in [2.45, 2.75) is 57.4 Å². The molecule has 1 aliphatic rings. The fourth-order valence-electron chi connectivity index (χ4n) is 3.53. The molecule has 0 aromatic carbocycles. The summed E-state index contributed by atoms with van der Waals surface area (Å²) in [7, 11) is 0. The largest absolute Gasteiger partial charge is 0.379 e. The van der Waals surface area contributed by atoms with E-state index in [1.807, 2.05) is 0 Å². The van der Waals surface area contributed by atoms with E-state index in [2.05, 4.69) is 5.32 Å². The van der Waals surface area contributed by atoms with Crippen LogP contribution in [0.5, 0.6) is 0 Å². The number of rotatable bonds is 27. The number of nitrogens with one attached hydrogen (secondary N) is 1. The highest BCUT2D eigenvalue weighted by molar-refractivity contribution is 6.13. The molecule has 0 aromatic heterocycles. The molecule has 0 radical (unpaired) electrons. The van der Waals surface area contributed by atoms with E-state index in [9.17, 15) is 28.8 Å². The van der Waals surface area contributed by atoms with Gasteiger partial charge in [0.2, 0.25) is 11.8 Å². The molecule has 0 spiro atoms. The van der Waals surface area contributed by atoms with Crippen LogP contribution in [0, 0.1) is 0 Å². The van der Waals surface area contributed by atoms with E-state index >= 15 is 0 Å². The molecule has 1 rings (SSSR count). The number of hydrogen-bond acceptors (Lipinski definition) is 11. The van der Waals surface area contributed by atoms with Gasteiger partial charge in [0.05, 0.1) is 32.5 Å². The lowest BCUT2D eigenvalue weighted by atomic mass is 10.1. The van der Waals surface area contributed by atoms with Gasteiger partial charge in [-0.1, -0.05) is 0 Å². The van der Waals surface area contributed by atoms with Gasteiger partial charge in [-0.05, 0) is 32.1 Å². The predicted octanol–water partition coefficient (Wildman–Crippen LogP) is -0.834. The van der Waals surface area contributed by atoms with E-state index in [1.165, 1.54) is 12.2 Å². The molecule has 1 unspecified atom stereocenters. The number of unbranched alkanes of at least 4 members (excludes halogenated alkanes) is 1. The molecule has 5 N–H and O–H groups in total. The smallest absolute Gasteiger partial charge is 0.253 e. The summed E-state index contributed by atoms with van der Waals surface area (Å²) in [5.41, 5.74) is 10.6. The SMILES string of the molecule is NC(=O)C(N)CCCCNC(=O)COCCOCCCC(=O)COCCOCCCC(=O)CCN1C(=O)C=CC1=O. The minimum Gasteiger partial charge on any atom is -0.379 e. The predicted molar refractivity (Wildman–Crippen MR) is 146 cm³/mol. The van der Waals surface area contributed by atoms with Crippen LogP contribution in [0.25, 0.3) is 0 Å². The Labute approximate surface area is 240 Å². The van der Waals surface area contributed by atoms with Crippen molar-refractivity contribution in [2.24, 2.45) is 11.5 Å². The van der Waals surface area contributed by atoms with Crippen molar-refractivity contribution in [1.82, 2.24) is 10.2 Å². The normalized spacial score (nSPS) is 13.5. The first-order valence-corrected chi connectivity index (χ1v) is 13.9. The van der Waals surface area contributed by atoms with Gasteiger partial charge in [0, 0.05) is 57.7 Å². The van der Waals surface area contributed by atoms with Crippen LogP contribution in [-0.4, -0.2) is 112 Å². The topological polar surface area (TPSA) is 207 Å². The van der Waals surface area contributed by atoms with Gasteiger partial charge >= 0.3 is 0 Å². The fourth-order valence-corrected chi connectivity index (χ4v) is 3.53. The third-order valence-electron chi connectivity index (χ3n) is 5.87. The number of amides is 4. The molecule has 0 bridgehead atoms. The Hall–Kier alpha value is -3.04. The average molecular weight is 585 g/mol. The monoisotopic (exact) mass is 584 g/mol. The number of Topliss-reactive ketones (excluding diaryl/α,β-unsaturated/α-hetero) is 2. The zero-order valence-electron chi connectivity index (χ0n) is 23.6. The van der Waals surface area contributed by atoms with Crippen LogP contribution < -0.4 is 16.8 Å². The Bertz CT molecular complexity index is 862. The molecule has 1 aliphatic heterocycles. The maximum absolute atomic E-state index is 11.9. The highest BCUT2D eigenvalue weighted by Crippen LogP contribution is 2.06. The van der Waals surface area contributed by atoms with Crippen LogP contribution in [0.3, 0.4) is 0 Å². The third-order valence-corrected chi connectivity index (χ3v) is 5.87. The Morgan fingerprint density at radius 1 is 0.732 bits per heavy atom. The molecule has 0 fully saturated rings. The zero-order valence-corrected chi connectivity index (χ0v) is 23.6. The maximum Gasteiger partial charge on any atom is 0.253 e. The average Bonchev–Trinajstić information content (AvgIpc) is 3.26. The molecule has 14 nitrogen and oxygen atoms in total. The first kappa shape index (κ1) is 36.0.